The van der Waals surface area contributed by atoms with Crippen LogP contribution in [-0.4, -0.2) is 13.4 Å². The number of pyridine rings is 1. The molecule has 0 N–H and O–H groups in total. The maximum absolute atomic E-state index is 11.1. The molecule has 0 fully saturated rings. The van der Waals surface area contributed by atoms with Crippen LogP contribution >= 0.6 is 10.7 Å². The molecule has 0 atom stereocenters. The number of benzene rings is 1. The highest BCUT2D eigenvalue weighted by atomic mass is 35.7. The fraction of sp³-hybridized carbons (Fsp3) is 0.308. The Bertz CT molecular complexity index is 680. The van der Waals surface area contributed by atoms with Crippen molar-refractivity contribution in [3.8, 4) is 0 Å². The molecule has 2 aromatic rings. The average Bonchev–Trinajstić information content (AvgIpc) is 2.25. The van der Waals surface area contributed by atoms with Crippen LogP contribution < -0.4 is 0 Å². The van der Waals surface area contributed by atoms with Gasteiger partial charge < -0.3 is 0 Å². The van der Waals surface area contributed by atoms with Gasteiger partial charge in [-0.1, -0.05) is 26.0 Å². The van der Waals surface area contributed by atoms with Crippen LogP contribution in [0.1, 0.15) is 30.9 Å². The van der Waals surface area contributed by atoms with Crippen LogP contribution in [0.3, 0.4) is 0 Å². The van der Waals surface area contributed by atoms with Gasteiger partial charge in [0.1, 0.15) is 0 Å². The molecule has 3 nitrogen and oxygen atoms in total. The van der Waals surface area contributed by atoms with Gasteiger partial charge in [0.2, 0.25) is 9.05 Å². The molecule has 96 valence electrons. The van der Waals surface area contributed by atoms with Gasteiger partial charge in [0, 0.05) is 28.5 Å². The number of fused-ring (bicyclic) bond motifs is 1. The molecule has 0 aliphatic carbocycles. The van der Waals surface area contributed by atoms with E-state index in [9.17, 15) is 8.42 Å². The Balaban J connectivity index is 2.54. The van der Waals surface area contributed by atoms with Crippen LogP contribution in [0.5, 0.6) is 0 Å². The molecule has 0 saturated carbocycles. The highest BCUT2D eigenvalue weighted by molar-refractivity contribution is 8.13. The van der Waals surface area contributed by atoms with Gasteiger partial charge in [-0.15, -0.1) is 0 Å². The Labute approximate surface area is 111 Å². The molecule has 0 amide bonds. The normalized spacial score (nSPS) is 12.2. The van der Waals surface area contributed by atoms with Gasteiger partial charge in [-0.05, 0) is 28.5 Å². The van der Waals surface area contributed by atoms with Crippen LogP contribution in [0.25, 0.3) is 10.8 Å². The molecule has 1 aromatic heterocycles. The zero-order chi connectivity index (χ0) is 13.3. The number of halogens is 1. The Hall–Kier alpha value is -1.13. The van der Waals surface area contributed by atoms with Crippen molar-refractivity contribution >= 4 is 30.5 Å². The quantitative estimate of drug-likeness (QED) is 0.811. The van der Waals surface area contributed by atoms with E-state index in [0.717, 1.165) is 16.3 Å². The molecular formula is C13H14ClNO2S. The zero-order valence-corrected chi connectivity index (χ0v) is 11.8. The van der Waals surface area contributed by atoms with Crippen molar-refractivity contribution in [1.82, 2.24) is 4.98 Å². The van der Waals surface area contributed by atoms with Crippen LogP contribution in [0.4, 0.5) is 0 Å². The molecule has 18 heavy (non-hydrogen) atoms. The molecule has 0 spiro atoms. The molecule has 1 aromatic carbocycles. The third kappa shape index (κ3) is 3.00. The summed E-state index contributed by atoms with van der Waals surface area (Å²) in [5.74, 6) is 0.222. The Morgan fingerprint density at radius 1 is 1.28 bits per heavy atom. The van der Waals surface area contributed by atoms with Crippen LogP contribution in [0, 0.1) is 0 Å². The first kappa shape index (κ1) is 13.3. The molecule has 0 aliphatic heterocycles. The first-order valence-corrected chi connectivity index (χ1v) is 8.13. The second kappa shape index (κ2) is 4.86. The molecule has 1 heterocycles. The molecule has 5 heteroatoms. The number of hydrogen-bond acceptors (Lipinski definition) is 3. The summed E-state index contributed by atoms with van der Waals surface area (Å²) < 4.78 is 22.1. The summed E-state index contributed by atoms with van der Waals surface area (Å²) in [6, 6.07) is 5.56. The lowest BCUT2D eigenvalue weighted by molar-refractivity contribution is 0.609. The molecular weight excluding hydrogens is 270 g/mol. The highest BCUT2D eigenvalue weighted by Crippen LogP contribution is 2.25. The van der Waals surface area contributed by atoms with E-state index in [1.807, 2.05) is 18.3 Å². The summed E-state index contributed by atoms with van der Waals surface area (Å²) in [6.07, 6.45) is 3.59. The van der Waals surface area contributed by atoms with Crippen molar-refractivity contribution in [2.45, 2.75) is 25.5 Å². The van der Waals surface area contributed by atoms with Crippen molar-refractivity contribution in [2.75, 3.05) is 0 Å². The first-order valence-electron chi connectivity index (χ1n) is 5.66. The number of nitrogens with zero attached hydrogens (tertiary/aromatic N) is 1. The van der Waals surface area contributed by atoms with E-state index in [1.165, 1.54) is 0 Å². The summed E-state index contributed by atoms with van der Waals surface area (Å²) >= 11 is 0. The van der Waals surface area contributed by atoms with Crippen molar-refractivity contribution in [3.05, 3.63) is 41.7 Å². The van der Waals surface area contributed by atoms with Gasteiger partial charge in [0.25, 0.3) is 0 Å². The summed E-state index contributed by atoms with van der Waals surface area (Å²) in [5.41, 5.74) is 1.84. The lowest BCUT2D eigenvalue weighted by Gasteiger charge is -2.10. The van der Waals surface area contributed by atoms with Crippen LogP contribution in [-0.2, 0) is 14.8 Å². The smallest absolute Gasteiger partial charge is 0.236 e. The maximum atomic E-state index is 11.1. The fourth-order valence-corrected chi connectivity index (χ4v) is 2.95. The number of rotatable bonds is 3. The SMILES string of the molecule is CC(C)c1cncc2cc(CS(=O)(=O)Cl)ccc12. The van der Waals surface area contributed by atoms with E-state index in [-0.39, 0.29) is 5.75 Å². The van der Waals surface area contributed by atoms with Gasteiger partial charge >= 0.3 is 0 Å². The lowest BCUT2D eigenvalue weighted by atomic mass is 9.98. The topological polar surface area (TPSA) is 47.0 Å². The predicted molar refractivity (Wildman–Crippen MR) is 74.3 cm³/mol. The lowest BCUT2D eigenvalue weighted by Crippen LogP contribution is -1.96. The van der Waals surface area contributed by atoms with E-state index < -0.39 is 9.05 Å². The molecule has 0 saturated heterocycles. The van der Waals surface area contributed by atoms with E-state index in [4.69, 9.17) is 10.7 Å². The monoisotopic (exact) mass is 283 g/mol. The van der Waals surface area contributed by atoms with E-state index in [0.29, 0.717) is 11.5 Å². The predicted octanol–water partition coefficient (Wildman–Crippen LogP) is 3.43. The van der Waals surface area contributed by atoms with Crippen LogP contribution in [0.2, 0.25) is 0 Å². The summed E-state index contributed by atoms with van der Waals surface area (Å²) in [6.45, 7) is 4.21. The molecule has 0 unspecified atom stereocenters. The number of hydrogen-bond donors (Lipinski definition) is 0. The Morgan fingerprint density at radius 2 is 2.00 bits per heavy atom. The highest BCUT2D eigenvalue weighted by Gasteiger charge is 2.10. The van der Waals surface area contributed by atoms with Gasteiger partial charge in [0.15, 0.2) is 0 Å². The van der Waals surface area contributed by atoms with Crippen molar-refractivity contribution in [2.24, 2.45) is 0 Å². The minimum atomic E-state index is -3.52. The summed E-state index contributed by atoms with van der Waals surface area (Å²) in [5, 5.41) is 2.05. The fourth-order valence-electron chi connectivity index (χ4n) is 2.00. The third-order valence-electron chi connectivity index (χ3n) is 2.82. The first-order chi connectivity index (χ1) is 8.37. The van der Waals surface area contributed by atoms with E-state index in [1.54, 1.807) is 12.3 Å². The maximum Gasteiger partial charge on any atom is 0.236 e. The van der Waals surface area contributed by atoms with Gasteiger partial charge in [-0.2, -0.15) is 0 Å². The van der Waals surface area contributed by atoms with E-state index in [2.05, 4.69) is 18.8 Å². The average molecular weight is 284 g/mol. The Kier molecular flexibility index (Phi) is 3.59. The largest absolute Gasteiger partial charge is 0.264 e. The molecule has 2 rings (SSSR count). The minimum absolute atomic E-state index is 0.156. The van der Waals surface area contributed by atoms with Crippen molar-refractivity contribution < 1.29 is 8.42 Å². The van der Waals surface area contributed by atoms with E-state index >= 15 is 0 Å². The number of aromatic nitrogens is 1. The van der Waals surface area contributed by atoms with Crippen molar-refractivity contribution in [1.29, 1.82) is 0 Å². The Morgan fingerprint density at radius 3 is 2.61 bits per heavy atom. The second-order valence-corrected chi connectivity index (χ2v) is 7.40. The minimum Gasteiger partial charge on any atom is -0.264 e. The van der Waals surface area contributed by atoms with Gasteiger partial charge in [0.05, 0.1) is 5.75 Å². The van der Waals surface area contributed by atoms with Gasteiger partial charge in [-0.25, -0.2) is 8.42 Å². The van der Waals surface area contributed by atoms with Gasteiger partial charge in [-0.3, -0.25) is 4.98 Å². The molecule has 0 bridgehead atoms. The zero-order valence-electron chi connectivity index (χ0n) is 10.2. The molecule has 0 radical (unpaired) electrons. The van der Waals surface area contributed by atoms with Crippen molar-refractivity contribution in [3.63, 3.8) is 0 Å². The third-order valence-corrected chi connectivity index (χ3v) is 3.82. The summed E-state index contributed by atoms with van der Waals surface area (Å²) in [4.78, 5) is 4.19. The molecule has 0 aliphatic rings. The van der Waals surface area contributed by atoms with Crippen LogP contribution in [0.15, 0.2) is 30.6 Å². The second-order valence-electron chi connectivity index (χ2n) is 4.62. The summed E-state index contributed by atoms with van der Waals surface area (Å²) in [7, 11) is 1.74. The standard InChI is InChI=1S/C13H14ClNO2S/c1-9(2)13-7-15-6-11-5-10(3-4-12(11)13)8-18(14,16)17/h3-7,9H,8H2,1-2H3.